The molecule has 4 rings (SSSR count). The molecule has 2 N–H and O–H groups in total. The summed E-state index contributed by atoms with van der Waals surface area (Å²) in [6, 6.07) is 4.98. The van der Waals surface area contributed by atoms with E-state index in [2.05, 4.69) is 6.07 Å². The number of likely N-dealkylation sites (tertiary alicyclic amines) is 3. The van der Waals surface area contributed by atoms with Crippen LogP contribution in [0.2, 0.25) is 0 Å². The van der Waals surface area contributed by atoms with Crippen molar-refractivity contribution in [1.29, 1.82) is 5.26 Å². The molecule has 10 heteroatoms. The van der Waals surface area contributed by atoms with Crippen molar-refractivity contribution in [2.45, 2.75) is 62.6 Å². The molecular weight excluding hydrogens is 423 g/mol. The largest absolute Gasteiger partial charge is 0.416 e. The fourth-order valence-corrected chi connectivity index (χ4v) is 5.22. The van der Waals surface area contributed by atoms with Crippen LogP contribution < -0.4 is 5.73 Å². The summed E-state index contributed by atoms with van der Waals surface area (Å²) < 4.78 is 38.5. The molecular formula is C22H26F3N5O2. The molecule has 0 saturated carbocycles. The van der Waals surface area contributed by atoms with Crippen LogP contribution in [0.25, 0.3) is 0 Å². The summed E-state index contributed by atoms with van der Waals surface area (Å²) in [6.45, 7) is 3.14. The fraction of sp³-hybridized carbons (Fsp3) is 0.591. The average Bonchev–Trinajstić information content (AvgIpc) is 3.46. The molecule has 172 valence electrons. The molecule has 0 aromatic heterocycles. The third-order valence-corrected chi connectivity index (χ3v) is 6.89. The zero-order chi connectivity index (χ0) is 23.2. The number of carbonyl (C=O) groups excluding carboxylic acids is 2. The summed E-state index contributed by atoms with van der Waals surface area (Å²) in [5.41, 5.74) is 6.08. The van der Waals surface area contributed by atoms with Gasteiger partial charge in [0.1, 0.15) is 6.04 Å². The quantitative estimate of drug-likeness (QED) is 0.741. The Morgan fingerprint density at radius 1 is 1.31 bits per heavy atom. The lowest BCUT2D eigenvalue weighted by molar-refractivity contribution is -0.141. The number of hydrogen-bond donors (Lipinski definition) is 1. The van der Waals surface area contributed by atoms with Crippen molar-refractivity contribution >= 4 is 11.8 Å². The number of rotatable bonds is 5. The molecule has 0 spiro atoms. The van der Waals surface area contributed by atoms with Crippen molar-refractivity contribution in [3.8, 4) is 6.07 Å². The first-order valence-electron chi connectivity index (χ1n) is 10.8. The van der Waals surface area contributed by atoms with Gasteiger partial charge in [-0.1, -0.05) is 12.1 Å². The second kappa shape index (κ2) is 8.37. The zero-order valence-corrected chi connectivity index (χ0v) is 17.8. The molecule has 1 aromatic rings. The van der Waals surface area contributed by atoms with E-state index in [1.807, 2.05) is 11.8 Å². The Balaban J connectivity index is 1.39. The molecule has 1 aromatic carbocycles. The second-order valence-corrected chi connectivity index (χ2v) is 8.83. The number of carbonyl (C=O) groups is 2. The molecule has 3 aliphatic heterocycles. The fourth-order valence-electron chi connectivity index (χ4n) is 5.22. The SMILES string of the molecule is C[C@@H](c1ccc(C(F)(F)F)cc1)N1C(=O)[C@H]2C[C@H]1CN2C[C@H](N)C(=O)N1CCC[C@H]1C#N. The van der Waals surface area contributed by atoms with Gasteiger partial charge in [-0.2, -0.15) is 18.4 Å². The highest BCUT2D eigenvalue weighted by molar-refractivity contribution is 5.87. The van der Waals surface area contributed by atoms with E-state index in [-0.39, 0.29) is 36.5 Å². The third kappa shape index (κ3) is 3.95. The summed E-state index contributed by atoms with van der Waals surface area (Å²) in [5.74, 6) is -0.358. The topological polar surface area (TPSA) is 93.7 Å². The Hall–Kier alpha value is -2.64. The van der Waals surface area contributed by atoms with Crippen molar-refractivity contribution in [2.75, 3.05) is 19.6 Å². The van der Waals surface area contributed by atoms with Crippen molar-refractivity contribution < 1.29 is 22.8 Å². The number of nitrogens with zero attached hydrogens (tertiary/aromatic N) is 4. The Morgan fingerprint density at radius 2 is 2.00 bits per heavy atom. The summed E-state index contributed by atoms with van der Waals surface area (Å²) >= 11 is 0. The van der Waals surface area contributed by atoms with Gasteiger partial charge in [0.25, 0.3) is 0 Å². The van der Waals surface area contributed by atoms with Gasteiger partial charge in [-0.3, -0.25) is 14.5 Å². The maximum Gasteiger partial charge on any atom is 0.416 e. The monoisotopic (exact) mass is 449 g/mol. The standard InChI is InChI=1S/C22H26F3N5O2/c1-13(14-4-6-15(7-5-14)22(23,24)25)30-17-9-19(21(30)32)28(11-17)12-18(27)20(31)29-8-2-3-16(29)10-26/h4-7,13,16-19H,2-3,8-9,11-12,27H2,1H3/t13-,16-,17-,18-,19+/m0/s1. The Morgan fingerprint density at radius 3 is 2.59 bits per heavy atom. The van der Waals surface area contributed by atoms with Gasteiger partial charge in [0.05, 0.1) is 29.8 Å². The summed E-state index contributed by atoms with van der Waals surface area (Å²) in [6.07, 6.45) is -2.36. The van der Waals surface area contributed by atoms with Crippen molar-refractivity contribution in [2.24, 2.45) is 5.73 Å². The molecule has 3 aliphatic rings. The minimum Gasteiger partial charge on any atom is -0.330 e. The first-order chi connectivity index (χ1) is 15.1. The van der Waals surface area contributed by atoms with Crippen LogP contribution in [0.4, 0.5) is 13.2 Å². The van der Waals surface area contributed by atoms with E-state index in [1.165, 1.54) is 17.0 Å². The van der Waals surface area contributed by atoms with E-state index in [4.69, 9.17) is 5.73 Å². The van der Waals surface area contributed by atoms with Gasteiger partial charge < -0.3 is 15.5 Å². The number of fused-ring (bicyclic) bond motifs is 2. The van der Waals surface area contributed by atoms with Gasteiger partial charge >= 0.3 is 6.18 Å². The highest BCUT2D eigenvalue weighted by Crippen LogP contribution is 2.38. The van der Waals surface area contributed by atoms with E-state index in [9.17, 15) is 28.0 Å². The molecule has 3 saturated heterocycles. The van der Waals surface area contributed by atoms with Crippen molar-refractivity contribution in [3.63, 3.8) is 0 Å². The normalized spacial score (nSPS) is 27.6. The molecule has 32 heavy (non-hydrogen) atoms. The van der Waals surface area contributed by atoms with Crippen molar-refractivity contribution in [3.05, 3.63) is 35.4 Å². The summed E-state index contributed by atoms with van der Waals surface area (Å²) in [4.78, 5) is 30.9. The number of alkyl halides is 3. The van der Waals surface area contributed by atoms with Gasteiger partial charge in [-0.15, -0.1) is 0 Å². The van der Waals surface area contributed by atoms with Crippen molar-refractivity contribution in [1.82, 2.24) is 14.7 Å². The molecule has 2 amide bonds. The summed E-state index contributed by atoms with van der Waals surface area (Å²) in [7, 11) is 0. The Bertz CT molecular complexity index is 929. The number of halogens is 3. The van der Waals surface area contributed by atoms with E-state index in [0.717, 1.165) is 18.6 Å². The van der Waals surface area contributed by atoms with Gasteiger partial charge in [-0.05, 0) is 43.9 Å². The van der Waals surface area contributed by atoms with Gasteiger partial charge in [0.2, 0.25) is 11.8 Å². The minimum absolute atomic E-state index is 0.0780. The van der Waals surface area contributed by atoms with E-state index < -0.39 is 23.8 Å². The highest BCUT2D eigenvalue weighted by atomic mass is 19.4. The van der Waals surface area contributed by atoms with Crippen LogP contribution in [0.15, 0.2) is 24.3 Å². The van der Waals surface area contributed by atoms with E-state index >= 15 is 0 Å². The maximum absolute atomic E-state index is 13.0. The smallest absolute Gasteiger partial charge is 0.330 e. The second-order valence-electron chi connectivity index (χ2n) is 8.83. The number of nitriles is 1. The lowest BCUT2D eigenvalue weighted by Gasteiger charge is -2.38. The molecule has 0 radical (unpaired) electrons. The van der Waals surface area contributed by atoms with Gasteiger partial charge in [0.15, 0.2) is 0 Å². The van der Waals surface area contributed by atoms with Crippen LogP contribution in [0.1, 0.15) is 43.4 Å². The number of piperazine rings is 1. The predicted octanol–water partition coefficient (Wildman–Crippen LogP) is 1.89. The molecule has 3 heterocycles. The molecule has 0 aliphatic carbocycles. The van der Waals surface area contributed by atoms with Gasteiger partial charge in [-0.25, -0.2) is 0 Å². The number of amides is 2. The van der Waals surface area contributed by atoms with E-state index in [1.54, 1.807) is 4.90 Å². The third-order valence-electron chi connectivity index (χ3n) is 6.89. The Kier molecular flexibility index (Phi) is 5.90. The average molecular weight is 449 g/mol. The van der Waals surface area contributed by atoms with Crippen LogP contribution in [0.3, 0.4) is 0 Å². The minimum atomic E-state index is -4.40. The van der Waals surface area contributed by atoms with Crippen LogP contribution in [0, 0.1) is 11.3 Å². The Labute approximate surface area is 184 Å². The molecule has 3 fully saturated rings. The van der Waals surface area contributed by atoms with Crippen LogP contribution in [-0.2, 0) is 15.8 Å². The predicted molar refractivity (Wildman–Crippen MR) is 109 cm³/mol. The number of benzene rings is 1. The highest BCUT2D eigenvalue weighted by Gasteiger charge is 2.51. The summed E-state index contributed by atoms with van der Waals surface area (Å²) in [5, 5.41) is 9.20. The number of nitrogens with two attached hydrogens (primary N) is 1. The van der Waals surface area contributed by atoms with Crippen LogP contribution in [-0.4, -0.2) is 70.3 Å². The lowest BCUT2D eigenvalue weighted by Crippen LogP contribution is -2.56. The maximum atomic E-state index is 13.0. The zero-order valence-electron chi connectivity index (χ0n) is 17.8. The molecule has 2 bridgehead atoms. The van der Waals surface area contributed by atoms with Crippen LogP contribution in [0.5, 0.6) is 0 Å². The number of hydrogen-bond acceptors (Lipinski definition) is 5. The first-order valence-corrected chi connectivity index (χ1v) is 10.8. The molecule has 7 nitrogen and oxygen atoms in total. The first kappa shape index (κ1) is 22.6. The molecule has 0 unspecified atom stereocenters. The van der Waals surface area contributed by atoms with Crippen LogP contribution >= 0.6 is 0 Å². The lowest BCUT2D eigenvalue weighted by atomic mass is 10.0. The van der Waals surface area contributed by atoms with E-state index in [0.29, 0.717) is 31.5 Å². The molecule has 5 atom stereocenters. The van der Waals surface area contributed by atoms with Gasteiger partial charge in [0, 0.05) is 25.7 Å².